The molecule has 1 atom stereocenters. The van der Waals surface area contributed by atoms with Gasteiger partial charge in [-0.1, -0.05) is 0 Å². The van der Waals surface area contributed by atoms with Crippen molar-refractivity contribution in [3.63, 3.8) is 0 Å². The van der Waals surface area contributed by atoms with E-state index in [0.29, 0.717) is 6.04 Å². The summed E-state index contributed by atoms with van der Waals surface area (Å²) in [6.07, 6.45) is 5.88. The van der Waals surface area contributed by atoms with Crippen molar-refractivity contribution in [1.82, 2.24) is 10.2 Å². The normalized spacial score (nSPS) is 24.6. The average Bonchev–Trinajstić information content (AvgIpc) is 2.75. The van der Waals surface area contributed by atoms with Crippen LogP contribution in [0.3, 0.4) is 0 Å². The highest BCUT2D eigenvalue weighted by Gasteiger charge is 2.22. The van der Waals surface area contributed by atoms with Crippen LogP contribution in [0.5, 0.6) is 0 Å². The first kappa shape index (κ1) is 10.0. The Kier molecular flexibility index (Phi) is 2.52. The van der Waals surface area contributed by atoms with Gasteiger partial charge in [0.05, 0.1) is 5.69 Å². The molecular formula is C12H18N4. The summed E-state index contributed by atoms with van der Waals surface area (Å²) in [5.41, 5.74) is 8.52. The van der Waals surface area contributed by atoms with Gasteiger partial charge in [0, 0.05) is 19.1 Å². The number of nitrogens with zero attached hydrogens (tertiary/aromatic N) is 3. The Hall–Kier alpha value is -1.16. The minimum Gasteiger partial charge on any atom is -0.354 e. The number of aromatic nitrogens is 2. The van der Waals surface area contributed by atoms with E-state index in [9.17, 15) is 0 Å². The minimum atomic E-state index is 0.304. The summed E-state index contributed by atoms with van der Waals surface area (Å²) >= 11 is 0. The second kappa shape index (κ2) is 4.01. The first-order chi connectivity index (χ1) is 7.83. The lowest BCUT2D eigenvalue weighted by atomic mass is 9.97. The van der Waals surface area contributed by atoms with E-state index in [1.54, 1.807) is 0 Å². The lowest BCUT2D eigenvalue weighted by molar-refractivity contribution is 0.652. The van der Waals surface area contributed by atoms with Crippen LogP contribution in [0.1, 0.15) is 30.5 Å². The van der Waals surface area contributed by atoms with Gasteiger partial charge in [-0.3, -0.25) is 0 Å². The van der Waals surface area contributed by atoms with E-state index in [0.717, 1.165) is 38.2 Å². The molecule has 2 N–H and O–H groups in total. The van der Waals surface area contributed by atoms with Crippen molar-refractivity contribution in [3.8, 4) is 0 Å². The fourth-order valence-electron chi connectivity index (χ4n) is 2.63. The zero-order chi connectivity index (χ0) is 11.0. The van der Waals surface area contributed by atoms with E-state index < -0.39 is 0 Å². The highest BCUT2D eigenvalue weighted by Crippen LogP contribution is 2.23. The maximum atomic E-state index is 5.91. The Morgan fingerprint density at radius 2 is 2.12 bits per heavy atom. The van der Waals surface area contributed by atoms with E-state index in [4.69, 9.17) is 5.73 Å². The minimum absolute atomic E-state index is 0.304. The molecule has 0 bridgehead atoms. The maximum absolute atomic E-state index is 5.91. The number of hydrogen-bond acceptors (Lipinski definition) is 4. The van der Waals surface area contributed by atoms with E-state index >= 15 is 0 Å². The van der Waals surface area contributed by atoms with Gasteiger partial charge in [-0.25, -0.2) is 0 Å². The highest BCUT2D eigenvalue weighted by molar-refractivity contribution is 5.43. The fourth-order valence-corrected chi connectivity index (χ4v) is 2.63. The van der Waals surface area contributed by atoms with Gasteiger partial charge in [-0.15, -0.1) is 5.10 Å². The van der Waals surface area contributed by atoms with Gasteiger partial charge in [0.15, 0.2) is 5.82 Å². The molecule has 0 aromatic carbocycles. The lowest BCUT2D eigenvalue weighted by Crippen LogP contribution is -2.27. The Labute approximate surface area is 95.8 Å². The number of anilines is 1. The Morgan fingerprint density at radius 3 is 2.94 bits per heavy atom. The first-order valence-corrected chi connectivity index (χ1v) is 6.19. The van der Waals surface area contributed by atoms with Crippen LogP contribution in [0.2, 0.25) is 0 Å². The Bertz CT molecular complexity index is 391. The van der Waals surface area contributed by atoms with Gasteiger partial charge < -0.3 is 10.6 Å². The lowest BCUT2D eigenvalue weighted by Gasteiger charge is -2.20. The van der Waals surface area contributed by atoms with Crippen LogP contribution in [-0.2, 0) is 12.8 Å². The van der Waals surface area contributed by atoms with Crippen LogP contribution < -0.4 is 10.6 Å². The molecule has 1 aliphatic carbocycles. The average molecular weight is 218 g/mol. The van der Waals surface area contributed by atoms with Gasteiger partial charge in [-0.05, 0) is 43.7 Å². The summed E-state index contributed by atoms with van der Waals surface area (Å²) in [5, 5.41) is 8.69. The molecule has 4 nitrogen and oxygen atoms in total. The zero-order valence-corrected chi connectivity index (χ0v) is 9.52. The summed E-state index contributed by atoms with van der Waals surface area (Å²) in [7, 11) is 0. The third-order valence-electron chi connectivity index (χ3n) is 3.61. The Balaban J connectivity index is 1.85. The topological polar surface area (TPSA) is 55.0 Å². The number of hydrogen-bond donors (Lipinski definition) is 1. The van der Waals surface area contributed by atoms with Gasteiger partial charge in [0.1, 0.15) is 0 Å². The van der Waals surface area contributed by atoms with Crippen molar-refractivity contribution in [3.05, 3.63) is 17.3 Å². The Morgan fingerprint density at radius 1 is 1.25 bits per heavy atom. The molecule has 4 heteroatoms. The summed E-state index contributed by atoms with van der Waals surface area (Å²) < 4.78 is 0. The molecule has 0 amide bonds. The monoisotopic (exact) mass is 218 g/mol. The smallest absolute Gasteiger partial charge is 0.151 e. The molecule has 1 aromatic rings. The number of fused-ring (bicyclic) bond motifs is 1. The van der Waals surface area contributed by atoms with Gasteiger partial charge in [0.2, 0.25) is 0 Å². The van der Waals surface area contributed by atoms with Gasteiger partial charge in [-0.2, -0.15) is 5.10 Å². The van der Waals surface area contributed by atoms with E-state index in [1.165, 1.54) is 24.1 Å². The highest BCUT2D eigenvalue weighted by atomic mass is 15.3. The van der Waals surface area contributed by atoms with E-state index in [2.05, 4.69) is 21.2 Å². The van der Waals surface area contributed by atoms with Crippen molar-refractivity contribution >= 4 is 5.82 Å². The largest absolute Gasteiger partial charge is 0.354 e. The summed E-state index contributed by atoms with van der Waals surface area (Å²) in [6, 6.07) is 2.53. The molecule has 1 aromatic heterocycles. The van der Waals surface area contributed by atoms with Crippen LogP contribution in [0.25, 0.3) is 0 Å². The van der Waals surface area contributed by atoms with Crippen molar-refractivity contribution in [2.45, 2.75) is 38.1 Å². The maximum Gasteiger partial charge on any atom is 0.151 e. The number of rotatable bonds is 1. The molecule has 16 heavy (non-hydrogen) atoms. The summed E-state index contributed by atoms with van der Waals surface area (Å²) in [6.45, 7) is 1.95. The van der Waals surface area contributed by atoms with Crippen LogP contribution in [0, 0.1) is 0 Å². The molecule has 0 saturated carbocycles. The molecule has 2 aliphatic rings. The molecule has 86 valence electrons. The second-order valence-corrected chi connectivity index (χ2v) is 4.88. The summed E-state index contributed by atoms with van der Waals surface area (Å²) in [5.74, 6) is 1.02. The molecule has 1 saturated heterocycles. The molecule has 1 fully saturated rings. The fraction of sp³-hybridized carbons (Fsp3) is 0.667. The molecule has 2 heterocycles. The molecule has 0 spiro atoms. The van der Waals surface area contributed by atoms with Crippen molar-refractivity contribution in [2.75, 3.05) is 18.0 Å². The molecular weight excluding hydrogens is 200 g/mol. The SMILES string of the molecule is NC1CCN(c2cc3c(nn2)CCCC3)C1. The summed E-state index contributed by atoms with van der Waals surface area (Å²) in [4.78, 5) is 2.26. The number of aryl methyl sites for hydroxylation is 2. The third kappa shape index (κ3) is 1.78. The zero-order valence-electron chi connectivity index (χ0n) is 9.52. The standard InChI is InChI=1S/C12H18N4/c13-10-5-6-16(8-10)12-7-9-3-1-2-4-11(9)14-15-12/h7,10H,1-6,8,13H2. The molecule has 1 unspecified atom stereocenters. The van der Waals surface area contributed by atoms with Crippen molar-refractivity contribution < 1.29 is 0 Å². The first-order valence-electron chi connectivity index (χ1n) is 6.19. The number of nitrogens with two attached hydrogens (primary N) is 1. The third-order valence-corrected chi connectivity index (χ3v) is 3.61. The molecule has 3 rings (SSSR count). The molecule has 1 aliphatic heterocycles. The van der Waals surface area contributed by atoms with Crippen LogP contribution in [0.15, 0.2) is 6.07 Å². The van der Waals surface area contributed by atoms with E-state index in [-0.39, 0.29) is 0 Å². The van der Waals surface area contributed by atoms with Gasteiger partial charge >= 0.3 is 0 Å². The van der Waals surface area contributed by atoms with Crippen LogP contribution in [0.4, 0.5) is 5.82 Å². The van der Waals surface area contributed by atoms with Crippen LogP contribution in [-0.4, -0.2) is 29.3 Å². The van der Waals surface area contributed by atoms with Crippen LogP contribution >= 0.6 is 0 Å². The second-order valence-electron chi connectivity index (χ2n) is 4.88. The molecule has 0 radical (unpaired) electrons. The van der Waals surface area contributed by atoms with Crippen molar-refractivity contribution in [1.29, 1.82) is 0 Å². The van der Waals surface area contributed by atoms with Gasteiger partial charge in [0.25, 0.3) is 0 Å². The quantitative estimate of drug-likeness (QED) is 0.760. The predicted molar refractivity (Wildman–Crippen MR) is 63.5 cm³/mol. The predicted octanol–water partition coefficient (Wildman–Crippen LogP) is 0.893. The van der Waals surface area contributed by atoms with Crippen molar-refractivity contribution in [2.24, 2.45) is 5.73 Å². The van der Waals surface area contributed by atoms with E-state index in [1.807, 2.05) is 0 Å².